The van der Waals surface area contributed by atoms with E-state index in [9.17, 15) is 10.1 Å². The molecule has 1 aliphatic rings. The molecule has 1 amide bonds. The van der Waals surface area contributed by atoms with Gasteiger partial charge < -0.3 is 14.8 Å². The Balaban J connectivity index is 1.66. The first-order valence-electron chi connectivity index (χ1n) is 8.16. The molecule has 5 nitrogen and oxygen atoms in total. The maximum absolute atomic E-state index is 12.6. The molecular weight excluding hydrogens is 364 g/mol. The molecule has 3 aromatic rings. The lowest BCUT2D eigenvalue weighted by Crippen LogP contribution is -2.13. The molecule has 0 saturated carbocycles. The second-order valence-corrected chi connectivity index (χ2v) is 6.28. The summed E-state index contributed by atoms with van der Waals surface area (Å²) in [6.45, 7) is 0.117. The summed E-state index contributed by atoms with van der Waals surface area (Å²) in [6, 6.07) is 18.5. The molecule has 0 aliphatic carbocycles. The number of carbonyl (C=O) groups is 1. The van der Waals surface area contributed by atoms with Crippen LogP contribution in [-0.2, 0) is 4.79 Å². The van der Waals surface area contributed by atoms with Crippen molar-refractivity contribution >= 4 is 40.0 Å². The molecule has 1 N–H and O–H groups in total. The van der Waals surface area contributed by atoms with Crippen LogP contribution in [0.5, 0.6) is 11.5 Å². The lowest BCUT2D eigenvalue weighted by atomic mass is 10.1. The molecule has 4 rings (SSSR count). The minimum atomic E-state index is -0.511. The van der Waals surface area contributed by atoms with E-state index in [1.165, 1.54) is 6.08 Å². The number of ether oxygens (including phenoxy) is 2. The zero-order chi connectivity index (χ0) is 18.8. The van der Waals surface area contributed by atoms with Crippen molar-refractivity contribution in [1.82, 2.24) is 0 Å². The van der Waals surface area contributed by atoms with Crippen molar-refractivity contribution in [3.8, 4) is 17.6 Å². The number of nitrogens with zero attached hydrogens (tertiary/aromatic N) is 1. The third kappa shape index (κ3) is 3.31. The summed E-state index contributed by atoms with van der Waals surface area (Å²) in [4.78, 5) is 12.6. The molecule has 1 aliphatic heterocycles. The van der Waals surface area contributed by atoms with E-state index in [0.717, 1.165) is 10.8 Å². The van der Waals surface area contributed by atoms with Crippen LogP contribution >= 0.6 is 11.6 Å². The fraction of sp³-hybridized carbons (Fsp3) is 0.0476. The number of fused-ring (bicyclic) bond motifs is 2. The maximum atomic E-state index is 12.6. The van der Waals surface area contributed by atoms with Gasteiger partial charge in [0.05, 0.1) is 5.02 Å². The van der Waals surface area contributed by atoms with Crippen LogP contribution in [0.15, 0.2) is 60.2 Å². The molecule has 0 aromatic heterocycles. The van der Waals surface area contributed by atoms with Crippen LogP contribution in [0.1, 0.15) is 5.56 Å². The molecule has 0 spiro atoms. The van der Waals surface area contributed by atoms with Crippen molar-refractivity contribution < 1.29 is 14.3 Å². The summed E-state index contributed by atoms with van der Waals surface area (Å²) in [5.74, 6) is 0.552. The monoisotopic (exact) mass is 376 g/mol. The van der Waals surface area contributed by atoms with Gasteiger partial charge in [0.25, 0.3) is 5.91 Å². The zero-order valence-corrected chi connectivity index (χ0v) is 14.8. The van der Waals surface area contributed by atoms with E-state index in [2.05, 4.69) is 5.32 Å². The highest BCUT2D eigenvalue weighted by molar-refractivity contribution is 6.32. The van der Waals surface area contributed by atoms with E-state index in [4.69, 9.17) is 21.1 Å². The molecule has 27 heavy (non-hydrogen) atoms. The minimum Gasteiger partial charge on any atom is -0.454 e. The Kier molecular flexibility index (Phi) is 4.41. The number of hydrogen-bond acceptors (Lipinski definition) is 4. The minimum absolute atomic E-state index is 0.0660. The average molecular weight is 377 g/mol. The molecule has 0 bridgehead atoms. The van der Waals surface area contributed by atoms with Crippen LogP contribution in [-0.4, -0.2) is 12.7 Å². The Morgan fingerprint density at radius 1 is 1.11 bits per heavy atom. The largest absolute Gasteiger partial charge is 0.454 e. The second kappa shape index (κ2) is 7.02. The summed E-state index contributed by atoms with van der Waals surface area (Å²) < 4.78 is 10.6. The number of anilines is 1. The van der Waals surface area contributed by atoms with Gasteiger partial charge in [0.2, 0.25) is 6.79 Å². The standard InChI is InChI=1S/C21H13ClN2O3/c22-17-10-20-19(26-12-27-20)9-14(17)8-15(11-23)21(25)24-18-7-3-5-13-4-1-2-6-16(13)18/h1-10H,12H2,(H,24,25)/b15-8+. The fourth-order valence-electron chi connectivity index (χ4n) is 2.87. The quantitative estimate of drug-likeness (QED) is 0.528. The second-order valence-electron chi connectivity index (χ2n) is 5.88. The Morgan fingerprint density at radius 3 is 2.67 bits per heavy atom. The van der Waals surface area contributed by atoms with Crippen LogP contribution < -0.4 is 14.8 Å². The first-order valence-corrected chi connectivity index (χ1v) is 8.53. The van der Waals surface area contributed by atoms with Gasteiger partial charge in [-0.2, -0.15) is 5.26 Å². The summed E-state index contributed by atoms with van der Waals surface area (Å²) in [7, 11) is 0. The van der Waals surface area contributed by atoms with Crippen LogP contribution in [0.4, 0.5) is 5.69 Å². The molecule has 6 heteroatoms. The van der Waals surface area contributed by atoms with Gasteiger partial charge >= 0.3 is 0 Å². The number of rotatable bonds is 3. The van der Waals surface area contributed by atoms with E-state index in [1.54, 1.807) is 18.2 Å². The predicted octanol–water partition coefficient (Wildman–Crippen LogP) is 4.77. The van der Waals surface area contributed by atoms with Crippen LogP contribution in [0.2, 0.25) is 5.02 Å². The smallest absolute Gasteiger partial charge is 0.266 e. The molecule has 0 radical (unpaired) electrons. The molecule has 132 valence electrons. The van der Waals surface area contributed by atoms with Gasteiger partial charge in [-0.3, -0.25) is 4.79 Å². The lowest BCUT2D eigenvalue weighted by Gasteiger charge is -2.08. The van der Waals surface area contributed by atoms with Gasteiger partial charge in [0, 0.05) is 17.1 Å². The van der Waals surface area contributed by atoms with Crippen molar-refractivity contribution in [2.24, 2.45) is 0 Å². The van der Waals surface area contributed by atoms with Gasteiger partial charge in [-0.05, 0) is 29.2 Å². The average Bonchev–Trinajstić information content (AvgIpc) is 3.13. The molecule has 0 fully saturated rings. The topological polar surface area (TPSA) is 71.3 Å². The Labute approximate surface area is 160 Å². The van der Waals surface area contributed by atoms with Gasteiger partial charge in [-0.1, -0.05) is 48.0 Å². The number of carbonyl (C=O) groups excluding carboxylic acids is 1. The highest BCUT2D eigenvalue weighted by Crippen LogP contribution is 2.37. The molecule has 3 aromatic carbocycles. The van der Waals surface area contributed by atoms with Crippen molar-refractivity contribution in [3.05, 3.63) is 70.8 Å². The predicted molar refractivity (Wildman–Crippen MR) is 104 cm³/mol. The van der Waals surface area contributed by atoms with E-state index in [0.29, 0.717) is 27.8 Å². The van der Waals surface area contributed by atoms with Crippen molar-refractivity contribution in [3.63, 3.8) is 0 Å². The summed E-state index contributed by atoms with van der Waals surface area (Å²) >= 11 is 6.23. The first-order chi connectivity index (χ1) is 13.2. The van der Waals surface area contributed by atoms with Gasteiger partial charge in [-0.15, -0.1) is 0 Å². The van der Waals surface area contributed by atoms with Crippen LogP contribution in [0.25, 0.3) is 16.8 Å². The highest BCUT2D eigenvalue weighted by atomic mass is 35.5. The van der Waals surface area contributed by atoms with Crippen LogP contribution in [0, 0.1) is 11.3 Å². The number of benzene rings is 3. The highest BCUT2D eigenvalue weighted by Gasteiger charge is 2.17. The molecule has 0 unspecified atom stereocenters. The molecule has 0 atom stereocenters. The molecule has 1 heterocycles. The fourth-order valence-corrected chi connectivity index (χ4v) is 3.08. The Bertz CT molecular complexity index is 1130. The van der Waals surface area contributed by atoms with Crippen molar-refractivity contribution in [2.45, 2.75) is 0 Å². The summed E-state index contributed by atoms with van der Waals surface area (Å²) in [6.07, 6.45) is 1.44. The first kappa shape index (κ1) is 17.0. The Morgan fingerprint density at radius 2 is 1.85 bits per heavy atom. The third-order valence-corrected chi connectivity index (χ3v) is 4.52. The molecular formula is C21H13ClN2O3. The summed E-state index contributed by atoms with van der Waals surface area (Å²) in [5, 5.41) is 14.5. The number of nitriles is 1. The van der Waals surface area contributed by atoms with E-state index >= 15 is 0 Å². The number of nitrogens with one attached hydrogen (secondary N) is 1. The normalized spacial score (nSPS) is 12.7. The lowest BCUT2D eigenvalue weighted by molar-refractivity contribution is -0.112. The van der Waals surface area contributed by atoms with Crippen molar-refractivity contribution in [2.75, 3.05) is 12.1 Å². The number of amides is 1. The third-order valence-electron chi connectivity index (χ3n) is 4.19. The zero-order valence-electron chi connectivity index (χ0n) is 14.0. The van der Waals surface area contributed by atoms with E-state index in [-0.39, 0.29) is 12.4 Å². The SMILES string of the molecule is N#C/C(=C\c1cc2c(cc1Cl)OCO2)C(=O)Nc1cccc2ccccc12. The van der Waals surface area contributed by atoms with Gasteiger partial charge in [-0.25, -0.2) is 0 Å². The van der Waals surface area contributed by atoms with Gasteiger partial charge in [0.15, 0.2) is 11.5 Å². The van der Waals surface area contributed by atoms with Crippen molar-refractivity contribution in [1.29, 1.82) is 5.26 Å². The molecule has 0 saturated heterocycles. The number of hydrogen-bond donors (Lipinski definition) is 1. The van der Waals surface area contributed by atoms with E-state index < -0.39 is 5.91 Å². The maximum Gasteiger partial charge on any atom is 0.266 e. The van der Waals surface area contributed by atoms with Gasteiger partial charge in [0.1, 0.15) is 11.6 Å². The summed E-state index contributed by atoms with van der Waals surface area (Å²) in [5.41, 5.74) is 1.07. The van der Waals surface area contributed by atoms with E-state index in [1.807, 2.05) is 42.5 Å². The Hall–Kier alpha value is -3.49. The van der Waals surface area contributed by atoms with Crippen LogP contribution in [0.3, 0.4) is 0 Å². The number of halogens is 1.